The molecule has 0 saturated carbocycles. The molecule has 0 unspecified atom stereocenters. The van der Waals surface area contributed by atoms with E-state index in [0.717, 1.165) is 0 Å². The van der Waals surface area contributed by atoms with E-state index in [-0.39, 0.29) is 0 Å². The summed E-state index contributed by atoms with van der Waals surface area (Å²) in [5.41, 5.74) is 0. The summed E-state index contributed by atoms with van der Waals surface area (Å²) < 4.78 is 0. The van der Waals surface area contributed by atoms with Crippen LogP contribution < -0.4 is 21.2 Å². The Labute approximate surface area is 185 Å². The van der Waals surface area contributed by atoms with Crippen molar-refractivity contribution >= 4 is 52.5 Å². The molecule has 0 aliphatic rings. The fourth-order valence-corrected chi connectivity index (χ4v) is 31.8. The van der Waals surface area contributed by atoms with Crippen molar-refractivity contribution in [3.05, 3.63) is 121 Å². The van der Waals surface area contributed by atoms with Crippen molar-refractivity contribution in [2.24, 2.45) is 0 Å². The predicted molar refractivity (Wildman–Crippen MR) is 130 cm³/mol. The van der Waals surface area contributed by atoms with Crippen LogP contribution in [-0.2, 0) is 12.5 Å². The Morgan fingerprint density at radius 2 is 0.586 bits per heavy atom. The second kappa shape index (κ2) is 9.86. The predicted octanol–water partition coefficient (Wildman–Crippen LogP) is 6.54. The van der Waals surface area contributed by atoms with Crippen LogP contribution in [0.25, 0.3) is 0 Å². The second-order valence-corrected chi connectivity index (χ2v) is 30.3. The molecule has 0 aliphatic heterocycles. The van der Waals surface area contributed by atoms with Gasteiger partial charge in [-0.15, -0.1) is 0 Å². The van der Waals surface area contributed by atoms with Crippen LogP contribution in [0.5, 0.6) is 0 Å². The van der Waals surface area contributed by atoms with Gasteiger partial charge < -0.3 is 0 Å². The van der Waals surface area contributed by atoms with Crippen molar-refractivity contribution in [3.63, 3.8) is 0 Å². The summed E-state index contributed by atoms with van der Waals surface area (Å²) in [6.07, 6.45) is -1.74. The first-order valence-corrected chi connectivity index (χ1v) is 19.6. The molecule has 0 heterocycles. The number of halogens is 2. The summed E-state index contributed by atoms with van der Waals surface area (Å²) in [4.78, 5) is 0. The maximum absolute atomic E-state index is 7.58. The Morgan fingerprint density at radius 1 is 0.379 bits per heavy atom. The average molecular weight is 548 g/mol. The van der Waals surface area contributed by atoms with Crippen molar-refractivity contribution in [1.29, 1.82) is 0 Å². The molecule has 0 spiro atoms. The summed E-state index contributed by atoms with van der Waals surface area (Å²) in [5.74, 6) is 0. The van der Waals surface area contributed by atoms with E-state index < -0.39 is 24.7 Å². The molecule has 0 radical (unpaired) electrons. The van der Waals surface area contributed by atoms with Gasteiger partial charge in [0.2, 0.25) is 0 Å². The van der Waals surface area contributed by atoms with Gasteiger partial charge in [0.15, 0.2) is 0 Å². The van der Waals surface area contributed by atoms with Crippen molar-refractivity contribution in [3.8, 4) is 0 Å². The molecule has 0 amide bonds. The van der Waals surface area contributed by atoms with Gasteiger partial charge in [-0.2, -0.15) is 0 Å². The van der Waals surface area contributed by atoms with Crippen molar-refractivity contribution < 1.29 is 12.5 Å². The normalized spacial score (nSPS) is 12.3. The standard InChI is InChI=1S/2C12H10P.2ClH.Pd/c2*1-3-7-11(8-4-1)13-12-9-5-2-6-10-12;;;/h2*1-10H;2*1H;/q2*-1;;;+2/p-2. The first-order chi connectivity index (χ1) is 14.2. The molecule has 4 aromatic rings. The van der Waals surface area contributed by atoms with E-state index in [1.807, 2.05) is 24.3 Å². The Balaban J connectivity index is 1.91. The van der Waals surface area contributed by atoms with Crippen LogP contribution in [0, 0.1) is 0 Å². The first kappa shape index (κ1) is 21.2. The van der Waals surface area contributed by atoms with Crippen molar-refractivity contribution in [1.82, 2.24) is 0 Å². The molecule has 0 aromatic heterocycles. The molecule has 152 valence electrons. The molecule has 0 atom stereocenters. The van der Waals surface area contributed by atoms with E-state index >= 15 is 0 Å². The molecule has 4 aromatic carbocycles. The number of hydrogen-bond donors (Lipinski definition) is 0. The van der Waals surface area contributed by atoms with Crippen LogP contribution in [0.1, 0.15) is 0 Å². The topological polar surface area (TPSA) is 0 Å². The fourth-order valence-electron chi connectivity index (χ4n) is 2.95. The molecule has 0 saturated heterocycles. The summed E-state index contributed by atoms with van der Waals surface area (Å²) >= 11 is -3.00. The van der Waals surface area contributed by atoms with Crippen LogP contribution in [-0.4, -0.2) is 0 Å². The van der Waals surface area contributed by atoms with Crippen molar-refractivity contribution in [2.75, 3.05) is 0 Å². The second-order valence-electron chi connectivity index (χ2n) is 6.17. The molecule has 4 rings (SSSR count). The molecule has 0 N–H and O–H groups in total. The van der Waals surface area contributed by atoms with Crippen LogP contribution in [0.4, 0.5) is 0 Å². The first-order valence-electron chi connectivity index (χ1n) is 9.06. The van der Waals surface area contributed by atoms with Crippen LogP contribution in [0.15, 0.2) is 121 Å². The molecular weight excluding hydrogens is 528 g/mol. The van der Waals surface area contributed by atoms with E-state index in [9.17, 15) is 0 Å². The van der Waals surface area contributed by atoms with E-state index in [1.165, 1.54) is 21.2 Å². The summed E-state index contributed by atoms with van der Waals surface area (Å²) in [5, 5.41) is 4.98. The Bertz CT molecular complexity index is 865. The third-order valence-electron chi connectivity index (χ3n) is 4.21. The molecule has 0 nitrogen and oxygen atoms in total. The summed E-state index contributed by atoms with van der Waals surface area (Å²) in [6.45, 7) is 0. The maximum atomic E-state index is 7.58. The van der Waals surface area contributed by atoms with Gasteiger partial charge in [0.05, 0.1) is 0 Å². The Kier molecular flexibility index (Phi) is 7.22. The van der Waals surface area contributed by atoms with Gasteiger partial charge in [0.25, 0.3) is 0 Å². The Morgan fingerprint density at radius 3 is 0.793 bits per heavy atom. The minimum absolute atomic E-state index is 0.871. The van der Waals surface area contributed by atoms with E-state index in [1.54, 1.807) is 0 Å². The van der Waals surface area contributed by atoms with Crippen LogP contribution >= 0.6 is 31.3 Å². The molecular formula is C24H20Cl2P2Pd-2. The van der Waals surface area contributed by atoms with Crippen LogP contribution in [0.3, 0.4) is 0 Å². The zero-order chi connectivity index (χ0) is 20.1. The van der Waals surface area contributed by atoms with Crippen molar-refractivity contribution in [2.45, 2.75) is 0 Å². The van der Waals surface area contributed by atoms with E-state index in [2.05, 4.69) is 97.1 Å². The van der Waals surface area contributed by atoms with Gasteiger partial charge >= 0.3 is 186 Å². The monoisotopic (exact) mass is 546 g/mol. The van der Waals surface area contributed by atoms with E-state index in [0.29, 0.717) is 0 Å². The van der Waals surface area contributed by atoms with Crippen LogP contribution in [0.2, 0.25) is 0 Å². The summed E-state index contributed by atoms with van der Waals surface area (Å²) in [7, 11) is 15.2. The molecule has 0 aliphatic carbocycles. The fraction of sp³-hybridized carbons (Fsp3) is 0. The molecule has 5 heteroatoms. The number of benzene rings is 4. The molecule has 29 heavy (non-hydrogen) atoms. The van der Waals surface area contributed by atoms with E-state index in [4.69, 9.17) is 19.1 Å². The summed E-state index contributed by atoms with van der Waals surface area (Å²) in [6, 6.07) is 42.3. The minimum atomic E-state index is -3.00. The Hall–Kier alpha value is -1.02. The average Bonchev–Trinajstić information content (AvgIpc) is 2.77. The zero-order valence-corrected chi connectivity index (χ0v) is 20.4. The number of hydrogen-bond acceptors (Lipinski definition) is 0. The number of rotatable bonds is 6. The van der Waals surface area contributed by atoms with Gasteiger partial charge in [0.1, 0.15) is 0 Å². The molecule has 0 bridgehead atoms. The third kappa shape index (κ3) is 4.84. The van der Waals surface area contributed by atoms with Gasteiger partial charge in [-0.25, -0.2) is 0 Å². The zero-order valence-electron chi connectivity index (χ0n) is 15.5. The SMILES string of the molecule is [Cl][Pd-2]([Cl])([P](c1ccccc1)c1ccccc1)[P](c1ccccc1)c1ccccc1. The van der Waals surface area contributed by atoms with Gasteiger partial charge in [-0.05, 0) is 0 Å². The van der Waals surface area contributed by atoms with Gasteiger partial charge in [-0.1, -0.05) is 0 Å². The quantitative estimate of drug-likeness (QED) is 0.190. The third-order valence-corrected chi connectivity index (χ3v) is 29.7. The molecule has 0 fully saturated rings. The van der Waals surface area contributed by atoms with Gasteiger partial charge in [0, 0.05) is 0 Å². The van der Waals surface area contributed by atoms with Gasteiger partial charge in [-0.3, -0.25) is 0 Å².